The number of anilines is 1. The lowest BCUT2D eigenvalue weighted by atomic mass is 10.1. The Bertz CT molecular complexity index is 424. The van der Waals surface area contributed by atoms with Gasteiger partial charge in [0.15, 0.2) is 0 Å². The van der Waals surface area contributed by atoms with E-state index >= 15 is 0 Å². The summed E-state index contributed by atoms with van der Waals surface area (Å²) < 4.78 is 5.12. The maximum atomic E-state index is 12.2. The number of carbonyl (C=O) groups excluding carboxylic acids is 1. The van der Waals surface area contributed by atoms with E-state index in [0.717, 1.165) is 19.5 Å². The molecule has 18 heavy (non-hydrogen) atoms. The fourth-order valence-electron chi connectivity index (χ4n) is 2.14. The monoisotopic (exact) mass is 250 g/mol. The van der Waals surface area contributed by atoms with Crippen molar-refractivity contribution in [1.29, 1.82) is 0 Å². The van der Waals surface area contributed by atoms with Gasteiger partial charge < -0.3 is 15.0 Å². The molecule has 1 aliphatic rings. The number of amides is 1. The lowest BCUT2D eigenvalue weighted by Gasteiger charge is -2.16. The first-order valence-corrected chi connectivity index (χ1v) is 6.02. The zero-order chi connectivity index (χ0) is 13.0. The number of methoxy groups -OCH3 is 1. The van der Waals surface area contributed by atoms with E-state index in [0.29, 0.717) is 24.0 Å². The summed E-state index contributed by atoms with van der Waals surface area (Å²) in [6, 6.07) is 0. The normalized spacial score (nSPS) is 19.0. The SMILES string of the molecule is CNc1cncc(C(=O)N2CCC(COC)C2)n1. The van der Waals surface area contributed by atoms with Crippen molar-refractivity contribution in [2.24, 2.45) is 5.92 Å². The van der Waals surface area contributed by atoms with Gasteiger partial charge in [0.05, 0.1) is 19.0 Å². The summed E-state index contributed by atoms with van der Waals surface area (Å²) in [5.41, 5.74) is 0.389. The summed E-state index contributed by atoms with van der Waals surface area (Å²) in [6.45, 7) is 2.20. The first-order chi connectivity index (χ1) is 8.74. The summed E-state index contributed by atoms with van der Waals surface area (Å²) in [4.78, 5) is 22.2. The Morgan fingerprint density at radius 1 is 1.61 bits per heavy atom. The van der Waals surface area contributed by atoms with Gasteiger partial charge in [-0.15, -0.1) is 0 Å². The van der Waals surface area contributed by atoms with Gasteiger partial charge in [-0.25, -0.2) is 4.98 Å². The van der Waals surface area contributed by atoms with Gasteiger partial charge in [0, 0.05) is 33.2 Å². The van der Waals surface area contributed by atoms with E-state index < -0.39 is 0 Å². The lowest BCUT2D eigenvalue weighted by Crippen LogP contribution is -2.30. The van der Waals surface area contributed by atoms with E-state index in [2.05, 4.69) is 15.3 Å². The molecule has 1 amide bonds. The van der Waals surface area contributed by atoms with Gasteiger partial charge in [0.1, 0.15) is 11.5 Å². The van der Waals surface area contributed by atoms with Crippen LogP contribution >= 0.6 is 0 Å². The number of nitrogens with zero attached hydrogens (tertiary/aromatic N) is 3. The molecule has 1 aromatic rings. The number of hydrogen-bond acceptors (Lipinski definition) is 5. The Kier molecular flexibility index (Phi) is 4.09. The van der Waals surface area contributed by atoms with E-state index in [1.807, 2.05) is 4.90 Å². The second-order valence-electron chi connectivity index (χ2n) is 4.40. The third-order valence-corrected chi connectivity index (χ3v) is 3.09. The van der Waals surface area contributed by atoms with Crippen molar-refractivity contribution in [2.75, 3.05) is 39.2 Å². The molecule has 1 atom stereocenters. The molecule has 6 heteroatoms. The van der Waals surface area contributed by atoms with E-state index in [-0.39, 0.29) is 5.91 Å². The van der Waals surface area contributed by atoms with Crippen molar-refractivity contribution in [2.45, 2.75) is 6.42 Å². The number of hydrogen-bond donors (Lipinski definition) is 1. The van der Waals surface area contributed by atoms with Crippen molar-refractivity contribution in [1.82, 2.24) is 14.9 Å². The van der Waals surface area contributed by atoms with Gasteiger partial charge in [-0.3, -0.25) is 9.78 Å². The molecule has 1 aliphatic heterocycles. The Hall–Kier alpha value is -1.69. The average Bonchev–Trinajstić information content (AvgIpc) is 2.87. The molecule has 0 bridgehead atoms. The van der Waals surface area contributed by atoms with Crippen LogP contribution in [0.5, 0.6) is 0 Å². The lowest BCUT2D eigenvalue weighted by molar-refractivity contribution is 0.0769. The molecule has 1 fully saturated rings. The average molecular weight is 250 g/mol. The number of aromatic nitrogens is 2. The van der Waals surface area contributed by atoms with Crippen LogP contribution in [-0.4, -0.2) is 54.6 Å². The third kappa shape index (κ3) is 2.76. The molecule has 1 N–H and O–H groups in total. The molecule has 1 aromatic heterocycles. The fourth-order valence-corrected chi connectivity index (χ4v) is 2.14. The Balaban J connectivity index is 2.03. The molecule has 1 saturated heterocycles. The highest BCUT2D eigenvalue weighted by Gasteiger charge is 2.27. The molecule has 2 heterocycles. The largest absolute Gasteiger partial charge is 0.384 e. The van der Waals surface area contributed by atoms with Crippen LogP contribution in [0.25, 0.3) is 0 Å². The van der Waals surface area contributed by atoms with Crippen LogP contribution in [0, 0.1) is 5.92 Å². The van der Waals surface area contributed by atoms with Crippen molar-refractivity contribution in [3.8, 4) is 0 Å². The van der Waals surface area contributed by atoms with E-state index in [1.165, 1.54) is 6.20 Å². The van der Waals surface area contributed by atoms with Crippen LogP contribution in [0.4, 0.5) is 5.82 Å². The summed E-state index contributed by atoms with van der Waals surface area (Å²) in [5, 5.41) is 2.88. The maximum absolute atomic E-state index is 12.2. The van der Waals surface area contributed by atoms with Crippen molar-refractivity contribution in [3.05, 3.63) is 18.1 Å². The predicted molar refractivity (Wildman–Crippen MR) is 67.5 cm³/mol. The van der Waals surface area contributed by atoms with E-state index in [1.54, 1.807) is 20.4 Å². The highest BCUT2D eigenvalue weighted by molar-refractivity contribution is 5.92. The Morgan fingerprint density at radius 3 is 3.17 bits per heavy atom. The maximum Gasteiger partial charge on any atom is 0.274 e. The van der Waals surface area contributed by atoms with Crippen molar-refractivity contribution < 1.29 is 9.53 Å². The molecule has 98 valence electrons. The minimum absolute atomic E-state index is 0.0572. The second kappa shape index (κ2) is 5.77. The molecule has 0 aliphatic carbocycles. The summed E-state index contributed by atoms with van der Waals surface area (Å²) >= 11 is 0. The van der Waals surface area contributed by atoms with Crippen molar-refractivity contribution >= 4 is 11.7 Å². The molecule has 2 rings (SSSR count). The zero-order valence-electron chi connectivity index (χ0n) is 10.7. The highest BCUT2D eigenvalue weighted by Crippen LogP contribution is 2.18. The first kappa shape index (κ1) is 12.8. The van der Waals surface area contributed by atoms with Crippen molar-refractivity contribution in [3.63, 3.8) is 0 Å². The molecule has 0 saturated carbocycles. The quantitative estimate of drug-likeness (QED) is 0.848. The van der Waals surface area contributed by atoms with Crippen LogP contribution in [0.1, 0.15) is 16.9 Å². The first-order valence-electron chi connectivity index (χ1n) is 6.02. The van der Waals surface area contributed by atoms with Crippen LogP contribution in [-0.2, 0) is 4.74 Å². The molecule has 0 radical (unpaired) electrons. The summed E-state index contributed by atoms with van der Waals surface area (Å²) in [6.07, 6.45) is 4.08. The Morgan fingerprint density at radius 2 is 2.44 bits per heavy atom. The van der Waals surface area contributed by atoms with E-state index in [4.69, 9.17) is 4.74 Å². The van der Waals surface area contributed by atoms with Gasteiger partial charge in [-0.2, -0.15) is 0 Å². The van der Waals surface area contributed by atoms with Crippen LogP contribution < -0.4 is 5.32 Å². The minimum Gasteiger partial charge on any atom is -0.384 e. The predicted octanol–water partition coefficient (Wildman–Crippen LogP) is 0.627. The van der Waals surface area contributed by atoms with Gasteiger partial charge in [0.2, 0.25) is 0 Å². The third-order valence-electron chi connectivity index (χ3n) is 3.09. The van der Waals surface area contributed by atoms with E-state index in [9.17, 15) is 4.79 Å². The number of rotatable bonds is 4. The number of carbonyl (C=O) groups is 1. The molecule has 1 unspecified atom stereocenters. The molecule has 6 nitrogen and oxygen atoms in total. The highest BCUT2D eigenvalue weighted by atomic mass is 16.5. The number of ether oxygens (including phenoxy) is 1. The summed E-state index contributed by atoms with van der Waals surface area (Å²) in [5.74, 6) is 0.978. The molecular weight excluding hydrogens is 232 g/mol. The second-order valence-corrected chi connectivity index (χ2v) is 4.40. The van der Waals surface area contributed by atoms with Crippen LogP contribution in [0.15, 0.2) is 12.4 Å². The van der Waals surface area contributed by atoms with Gasteiger partial charge in [-0.1, -0.05) is 0 Å². The van der Waals surface area contributed by atoms with Crippen LogP contribution in [0.3, 0.4) is 0 Å². The van der Waals surface area contributed by atoms with Gasteiger partial charge in [-0.05, 0) is 6.42 Å². The number of nitrogens with one attached hydrogen (secondary N) is 1. The zero-order valence-corrected chi connectivity index (χ0v) is 10.7. The van der Waals surface area contributed by atoms with Crippen LogP contribution in [0.2, 0.25) is 0 Å². The minimum atomic E-state index is -0.0572. The van der Waals surface area contributed by atoms with Gasteiger partial charge in [0.25, 0.3) is 5.91 Å². The standard InChI is InChI=1S/C12H18N4O2/c1-13-11-6-14-5-10(15-11)12(17)16-4-3-9(7-16)8-18-2/h5-6,9H,3-4,7-8H2,1-2H3,(H,13,15). The topological polar surface area (TPSA) is 67.4 Å². The summed E-state index contributed by atoms with van der Waals surface area (Å²) in [7, 11) is 3.44. The smallest absolute Gasteiger partial charge is 0.274 e. The molecular formula is C12H18N4O2. The fraction of sp³-hybridized carbons (Fsp3) is 0.583. The number of likely N-dealkylation sites (tertiary alicyclic amines) is 1. The molecule has 0 aromatic carbocycles. The Labute approximate surface area is 106 Å². The molecule has 0 spiro atoms. The van der Waals surface area contributed by atoms with Gasteiger partial charge >= 0.3 is 0 Å².